The minimum Gasteiger partial charge on any atom is -0.454 e. The van der Waals surface area contributed by atoms with Gasteiger partial charge in [0.15, 0.2) is 11.5 Å². The van der Waals surface area contributed by atoms with Crippen LogP contribution in [-0.2, 0) is 11.3 Å². The molecule has 0 bridgehead atoms. The number of rotatable bonds is 6. The maximum absolute atomic E-state index is 12.4. The highest BCUT2D eigenvalue weighted by Gasteiger charge is 2.22. The number of nitrogens with one attached hydrogen (secondary N) is 2. The molecule has 9 heteroatoms. The second-order valence-corrected chi connectivity index (χ2v) is 6.36. The van der Waals surface area contributed by atoms with E-state index in [1.54, 1.807) is 36.4 Å². The quantitative estimate of drug-likeness (QED) is 0.564. The number of fused-ring (bicyclic) bond motifs is 2. The summed E-state index contributed by atoms with van der Waals surface area (Å²) >= 11 is 0. The molecule has 1 aliphatic heterocycles. The maximum atomic E-state index is 12.4. The van der Waals surface area contributed by atoms with Crippen molar-refractivity contribution in [1.82, 2.24) is 20.6 Å². The zero-order valence-corrected chi connectivity index (χ0v) is 15.3. The van der Waals surface area contributed by atoms with Gasteiger partial charge in [0.05, 0.1) is 23.8 Å². The third kappa shape index (κ3) is 4.09. The lowest BCUT2D eigenvalue weighted by molar-refractivity contribution is -0.124. The fourth-order valence-corrected chi connectivity index (χ4v) is 2.86. The van der Waals surface area contributed by atoms with Gasteiger partial charge in [-0.1, -0.05) is 18.2 Å². The third-order valence-electron chi connectivity index (χ3n) is 4.39. The minimum absolute atomic E-state index is 0.0609. The molecule has 0 saturated carbocycles. The van der Waals surface area contributed by atoms with Gasteiger partial charge in [-0.2, -0.15) is 0 Å². The van der Waals surface area contributed by atoms with Gasteiger partial charge in [-0.15, -0.1) is 0 Å². The Morgan fingerprint density at radius 1 is 1.10 bits per heavy atom. The summed E-state index contributed by atoms with van der Waals surface area (Å²) in [6.07, 6.45) is 1.33. The molecule has 9 nitrogen and oxygen atoms in total. The number of aromatic nitrogens is 2. The number of ether oxygens (including phenoxy) is 2. The van der Waals surface area contributed by atoms with Gasteiger partial charge in [0.2, 0.25) is 12.7 Å². The minimum atomic E-state index is -1.12. The molecule has 0 radical (unpaired) electrons. The molecule has 0 saturated heterocycles. The number of nitrogens with zero attached hydrogens (tertiary/aromatic N) is 2. The van der Waals surface area contributed by atoms with Crippen molar-refractivity contribution in [3.8, 4) is 11.5 Å². The fraction of sp³-hybridized carbons (Fsp3) is 0.200. The van der Waals surface area contributed by atoms with Crippen LogP contribution in [0, 0.1) is 0 Å². The van der Waals surface area contributed by atoms with Crippen molar-refractivity contribution in [2.24, 2.45) is 0 Å². The van der Waals surface area contributed by atoms with Gasteiger partial charge in [0.1, 0.15) is 11.7 Å². The molecule has 1 atom stereocenters. The van der Waals surface area contributed by atoms with E-state index in [0.29, 0.717) is 22.5 Å². The molecule has 0 unspecified atom stereocenters. The molecule has 4 rings (SSSR count). The van der Waals surface area contributed by atoms with Crippen LogP contribution in [0.15, 0.2) is 48.7 Å². The number of hydrogen-bond acceptors (Lipinski definition) is 7. The van der Waals surface area contributed by atoms with Crippen LogP contribution in [0.3, 0.4) is 0 Å². The van der Waals surface area contributed by atoms with Crippen LogP contribution >= 0.6 is 0 Å². The first-order chi connectivity index (χ1) is 14.1. The van der Waals surface area contributed by atoms with Gasteiger partial charge in [-0.3, -0.25) is 14.6 Å². The van der Waals surface area contributed by atoms with Crippen molar-refractivity contribution in [3.63, 3.8) is 0 Å². The number of aliphatic hydroxyl groups excluding tert-OH is 1. The molecule has 0 fully saturated rings. The van der Waals surface area contributed by atoms with Crippen LogP contribution in [0.2, 0.25) is 0 Å². The van der Waals surface area contributed by atoms with E-state index in [4.69, 9.17) is 9.47 Å². The summed E-state index contributed by atoms with van der Waals surface area (Å²) in [5, 5.41) is 14.7. The second kappa shape index (κ2) is 8.11. The van der Waals surface area contributed by atoms with Gasteiger partial charge < -0.3 is 25.2 Å². The lowest BCUT2D eigenvalue weighted by atomic mass is 10.2. The number of aliphatic hydroxyl groups is 1. The highest BCUT2D eigenvalue weighted by Crippen LogP contribution is 2.32. The first kappa shape index (κ1) is 18.6. The smallest absolute Gasteiger partial charge is 0.272 e. The molecule has 0 spiro atoms. The molecular formula is C20H18N4O5. The number of carbonyl (C=O) groups is 2. The molecule has 2 heterocycles. The fourth-order valence-electron chi connectivity index (χ4n) is 2.86. The molecule has 3 aromatic rings. The number of hydrogen-bond donors (Lipinski definition) is 3. The number of benzene rings is 2. The van der Waals surface area contributed by atoms with Crippen molar-refractivity contribution in [1.29, 1.82) is 0 Å². The lowest BCUT2D eigenvalue weighted by Crippen LogP contribution is -2.48. The molecule has 1 aromatic heterocycles. The Morgan fingerprint density at radius 2 is 1.90 bits per heavy atom. The van der Waals surface area contributed by atoms with E-state index in [1.165, 1.54) is 6.20 Å². The van der Waals surface area contributed by atoms with Crippen molar-refractivity contribution in [2.75, 3.05) is 13.4 Å². The first-order valence-electron chi connectivity index (χ1n) is 8.94. The van der Waals surface area contributed by atoms with E-state index in [-0.39, 0.29) is 19.0 Å². The molecule has 3 N–H and O–H groups in total. The average Bonchev–Trinajstić information content (AvgIpc) is 3.23. The number of carbonyl (C=O) groups excluding carboxylic acids is 2. The standard InChI is InChI=1S/C20H18N4O5/c25-10-16(19(26)22-8-12-5-6-17-18(7-12)29-11-28-17)24-20(27)15-9-21-13-3-1-2-4-14(13)23-15/h1-7,9,16,25H,8,10-11H2,(H,22,26)(H,24,27)/t16-/m0/s1. The van der Waals surface area contributed by atoms with E-state index >= 15 is 0 Å². The summed E-state index contributed by atoms with van der Waals surface area (Å²) in [7, 11) is 0. The predicted octanol–water partition coefficient (Wildman–Crippen LogP) is 0.766. The van der Waals surface area contributed by atoms with Crippen molar-refractivity contribution < 1.29 is 24.2 Å². The Balaban J connectivity index is 1.38. The zero-order chi connectivity index (χ0) is 20.2. The van der Waals surface area contributed by atoms with Crippen LogP contribution < -0.4 is 20.1 Å². The largest absolute Gasteiger partial charge is 0.454 e. The SMILES string of the molecule is O=C(N[C@@H](CO)C(=O)NCc1ccc2c(c1)OCO2)c1cnc2ccccc2n1. The lowest BCUT2D eigenvalue weighted by Gasteiger charge is -2.16. The van der Waals surface area contributed by atoms with E-state index in [0.717, 1.165) is 5.56 Å². The van der Waals surface area contributed by atoms with Gasteiger partial charge in [0.25, 0.3) is 5.91 Å². The van der Waals surface area contributed by atoms with Crippen LogP contribution in [0.4, 0.5) is 0 Å². The van der Waals surface area contributed by atoms with Crippen LogP contribution in [0.1, 0.15) is 16.1 Å². The van der Waals surface area contributed by atoms with E-state index in [2.05, 4.69) is 20.6 Å². The highest BCUT2D eigenvalue weighted by atomic mass is 16.7. The predicted molar refractivity (Wildman–Crippen MR) is 102 cm³/mol. The van der Waals surface area contributed by atoms with Gasteiger partial charge in [-0.05, 0) is 29.8 Å². The first-order valence-corrected chi connectivity index (χ1v) is 8.94. The molecule has 29 heavy (non-hydrogen) atoms. The highest BCUT2D eigenvalue weighted by molar-refractivity contribution is 5.97. The summed E-state index contributed by atoms with van der Waals surface area (Å²) in [4.78, 5) is 33.2. The monoisotopic (exact) mass is 394 g/mol. The summed E-state index contributed by atoms with van der Waals surface area (Å²) in [6.45, 7) is -0.182. The molecule has 1 aliphatic rings. The molecule has 148 valence electrons. The van der Waals surface area contributed by atoms with Crippen molar-refractivity contribution in [3.05, 3.63) is 59.9 Å². The molecular weight excluding hydrogens is 376 g/mol. The van der Waals surface area contributed by atoms with Gasteiger partial charge in [0, 0.05) is 6.54 Å². The summed E-state index contributed by atoms with van der Waals surface area (Å²) in [5.41, 5.74) is 2.08. The van der Waals surface area contributed by atoms with Crippen LogP contribution in [0.5, 0.6) is 11.5 Å². The van der Waals surface area contributed by atoms with Crippen LogP contribution in [0.25, 0.3) is 11.0 Å². The van der Waals surface area contributed by atoms with Crippen molar-refractivity contribution >= 4 is 22.8 Å². The van der Waals surface area contributed by atoms with Crippen molar-refractivity contribution in [2.45, 2.75) is 12.6 Å². The summed E-state index contributed by atoms with van der Waals surface area (Å²) < 4.78 is 10.5. The normalized spacial score (nSPS) is 13.1. The Hall–Kier alpha value is -3.72. The zero-order valence-electron chi connectivity index (χ0n) is 15.3. The molecule has 2 aromatic carbocycles. The topological polar surface area (TPSA) is 123 Å². The summed E-state index contributed by atoms with van der Waals surface area (Å²) in [6, 6.07) is 11.3. The molecule has 0 aliphatic carbocycles. The summed E-state index contributed by atoms with van der Waals surface area (Å²) in [5.74, 6) is 0.142. The maximum Gasteiger partial charge on any atom is 0.272 e. The van der Waals surface area contributed by atoms with Crippen LogP contribution in [-0.4, -0.2) is 46.3 Å². The Labute approximate surface area is 165 Å². The van der Waals surface area contributed by atoms with Gasteiger partial charge >= 0.3 is 0 Å². The number of para-hydroxylation sites is 2. The van der Waals surface area contributed by atoms with E-state index < -0.39 is 24.5 Å². The Kier molecular flexibility index (Phi) is 5.21. The number of amides is 2. The van der Waals surface area contributed by atoms with E-state index in [9.17, 15) is 14.7 Å². The Bertz CT molecular complexity index is 1070. The third-order valence-corrected chi connectivity index (χ3v) is 4.39. The second-order valence-electron chi connectivity index (χ2n) is 6.36. The van der Waals surface area contributed by atoms with Gasteiger partial charge in [-0.25, -0.2) is 4.98 Å². The molecule has 2 amide bonds. The Morgan fingerprint density at radius 3 is 2.72 bits per heavy atom. The van der Waals surface area contributed by atoms with E-state index in [1.807, 2.05) is 6.07 Å². The average molecular weight is 394 g/mol.